The van der Waals surface area contributed by atoms with Crippen molar-refractivity contribution in [3.05, 3.63) is 71.4 Å². The fraction of sp³-hybridized carbons (Fsp3) is 0.394. The Kier molecular flexibility index (Phi) is 10.00. The molecule has 2 amide bonds. The Morgan fingerprint density at radius 3 is 2.35 bits per heavy atom. The maximum absolute atomic E-state index is 14.2. The first kappa shape index (κ1) is 33.0. The zero-order chi connectivity index (χ0) is 33.0. The Hall–Kier alpha value is -4.39. The molecule has 1 unspecified atom stereocenters. The lowest BCUT2D eigenvalue weighted by Gasteiger charge is -2.42. The van der Waals surface area contributed by atoms with Crippen LogP contribution in [0.3, 0.4) is 0 Å². The Morgan fingerprint density at radius 2 is 1.74 bits per heavy atom. The summed E-state index contributed by atoms with van der Waals surface area (Å²) in [5, 5.41) is 39.9. The van der Waals surface area contributed by atoms with E-state index in [1.165, 1.54) is 0 Å². The number of carboxylic acid groups (broad SMARTS) is 1. The summed E-state index contributed by atoms with van der Waals surface area (Å²) in [6.45, 7) is 6.89. The van der Waals surface area contributed by atoms with Gasteiger partial charge < -0.3 is 35.2 Å². The van der Waals surface area contributed by atoms with Crippen LogP contribution in [0.4, 0.5) is 10.5 Å². The van der Waals surface area contributed by atoms with Crippen molar-refractivity contribution >= 4 is 40.3 Å². The van der Waals surface area contributed by atoms with E-state index in [1.54, 1.807) is 23.2 Å². The van der Waals surface area contributed by atoms with E-state index in [0.717, 1.165) is 22.4 Å². The number of aliphatic hydroxyl groups is 2. The van der Waals surface area contributed by atoms with Crippen LogP contribution in [0.1, 0.15) is 32.3 Å². The number of anilines is 1. The SMILES string of the molecule is CC(C)(C)[C@H](c1ccc(Cl)cc1)C(NC(=O)O)C(=O)N1CCN(c2c(-c3ccccc3)cnc3[nH]nc(OC[C@H](O)CO)c23)CC1. The number of piperazine rings is 1. The summed E-state index contributed by atoms with van der Waals surface area (Å²) in [5.41, 5.74) is 3.40. The van der Waals surface area contributed by atoms with Gasteiger partial charge in [-0.05, 0) is 28.7 Å². The first-order valence-corrected chi connectivity index (χ1v) is 15.5. The quantitative estimate of drug-likeness (QED) is 0.170. The molecule has 46 heavy (non-hydrogen) atoms. The van der Waals surface area contributed by atoms with Gasteiger partial charge in [0.15, 0.2) is 5.65 Å². The summed E-state index contributed by atoms with van der Waals surface area (Å²) >= 11 is 6.14. The number of carbonyl (C=O) groups excluding carboxylic acids is 1. The second-order valence-electron chi connectivity index (χ2n) is 12.4. The summed E-state index contributed by atoms with van der Waals surface area (Å²) < 4.78 is 5.81. The fourth-order valence-electron chi connectivity index (χ4n) is 6.07. The molecular formula is C33H39ClN6O6. The van der Waals surface area contributed by atoms with Crippen LogP contribution >= 0.6 is 11.6 Å². The van der Waals surface area contributed by atoms with Gasteiger partial charge >= 0.3 is 6.09 Å². The van der Waals surface area contributed by atoms with Gasteiger partial charge in [0.05, 0.1) is 12.3 Å². The number of aliphatic hydroxyl groups excluding tert-OH is 2. The van der Waals surface area contributed by atoms with Gasteiger partial charge in [-0.25, -0.2) is 9.78 Å². The van der Waals surface area contributed by atoms with Crippen LogP contribution in [-0.2, 0) is 4.79 Å². The maximum atomic E-state index is 14.2. The minimum Gasteiger partial charge on any atom is -0.473 e. The second-order valence-corrected chi connectivity index (χ2v) is 12.9. The van der Waals surface area contributed by atoms with Crippen LogP contribution < -0.4 is 15.0 Å². The van der Waals surface area contributed by atoms with Crippen molar-refractivity contribution in [2.75, 3.05) is 44.3 Å². The van der Waals surface area contributed by atoms with Crippen molar-refractivity contribution in [2.24, 2.45) is 5.41 Å². The van der Waals surface area contributed by atoms with Crippen molar-refractivity contribution in [3.8, 4) is 17.0 Å². The van der Waals surface area contributed by atoms with Crippen LogP contribution in [0.25, 0.3) is 22.2 Å². The number of fused-ring (bicyclic) bond motifs is 1. The van der Waals surface area contributed by atoms with Crippen LogP contribution in [-0.4, -0.2) is 98.9 Å². The molecule has 0 bridgehead atoms. The summed E-state index contributed by atoms with van der Waals surface area (Å²) in [7, 11) is 0. The van der Waals surface area contributed by atoms with Gasteiger partial charge in [0.1, 0.15) is 24.1 Å². The average Bonchev–Trinajstić information content (AvgIpc) is 3.46. The number of carbonyl (C=O) groups is 2. The number of nitrogens with one attached hydrogen (secondary N) is 2. The van der Waals surface area contributed by atoms with Gasteiger partial charge in [0.25, 0.3) is 0 Å². The Labute approximate surface area is 272 Å². The predicted molar refractivity (Wildman–Crippen MR) is 175 cm³/mol. The number of H-pyrrole nitrogens is 1. The number of pyridine rings is 1. The van der Waals surface area contributed by atoms with E-state index in [0.29, 0.717) is 42.2 Å². The molecule has 4 aromatic rings. The van der Waals surface area contributed by atoms with E-state index < -0.39 is 36.2 Å². The number of halogens is 1. The summed E-state index contributed by atoms with van der Waals surface area (Å²) in [6, 6.07) is 15.9. The van der Waals surface area contributed by atoms with Gasteiger partial charge in [-0.15, -0.1) is 5.10 Å². The highest BCUT2D eigenvalue weighted by Crippen LogP contribution is 2.42. The van der Waals surface area contributed by atoms with Crippen molar-refractivity contribution in [1.82, 2.24) is 25.4 Å². The molecule has 0 radical (unpaired) electrons. The number of amides is 2. The topological polar surface area (TPSA) is 164 Å². The predicted octanol–water partition coefficient (Wildman–Crippen LogP) is 4.13. The van der Waals surface area contributed by atoms with Gasteiger partial charge in [-0.3, -0.25) is 9.89 Å². The molecule has 2 aromatic carbocycles. The molecule has 3 atom stereocenters. The van der Waals surface area contributed by atoms with Crippen molar-refractivity contribution in [1.29, 1.82) is 0 Å². The number of aromatic nitrogens is 3. The molecule has 3 heterocycles. The lowest BCUT2D eigenvalue weighted by Crippen LogP contribution is -2.58. The molecule has 1 saturated heterocycles. The minimum absolute atomic E-state index is 0.158. The van der Waals surface area contributed by atoms with Crippen molar-refractivity contribution in [2.45, 2.75) is 38.8 Å². The molecule has 5 rings (SSSR count). The van der Waals surface area contributed by atoms with Crippen LogP contribution in [0.15, 0.2) is 60.8 Å². The third-order valence-electron chi connectivity index (χ3n) is 8.18. The third-order valence-corrected chi connectivity index (χ3v) is 8.44. The van der Waals surface area contributed by atoms with Gasteiger partial charge in [-0.2, -0.15) is 0 Å². The van der Waals surface area contributed by atoms with Crippen molar-refractivity contribution < 1.29 is 29.6 Å². The largest absolute Gasteiger partial charge is 0.473 e. The van der Waals surface area contributed by atoms with Crippen LogP contribution in [0.2, 0.25) is 5.02 Å². The van der Waals surface area contributed by atoms with Crippen LogP contribution in [0, 0.1) is 5.41 Å². The lowest BCUT2D eigenvalue weighted by atomic mass is 9.72. The Balaban J connectivity index is 1.46. The first-order valence-electron chi connectivity index (χ1n) is 15.1. The molecule has 0 aliphatic carbocycles. The highest BCUT2D eigenvalue weighted by molar-refractivity contribution is 6.30. The molecule has 1 fully saturated rings. The van der Waals surface area contributed by atoms with Crippen LogP contribution in [0.5, 0.6) is 5.88 Å². The smallest absolute Gasteiger partial charge is 0.405 e. The summed E-state index contributed by atoms with van der Waals surface area (Å²) in [5.74, 6) is -0.524. The average molecular weight is 651 g/mol. The summed E-state index contributed by atoms with van der Waals surface area (Å²) in [4.78, 5) is 34.6. The number of aromatic amines is 1. The zero-order valence-electron chi connectivity index (χ0n) is 26.0. The number of ether oxygens (including phenoxy) is 1. The highest BCUT2D eigenvalue weighted by atomic mass is 35.5. The molecule has 0 saturated carbocycles. The number of hydrogen-bond acceptors (Lipinski definition) is 8. The molecule has 1 aliphatic rings. The maximum Gasteiger partial charge on any atom is 0.405 e. The molecule has 1 aliphatic heterocycles. The molecule has 2 aromatic heterocycles. The number of hydrogen-bond donors (Lipinski definition) is 5. The van der Waals surface area contributed by atoms with Gasteiger partial charge in [0.2, 0.25) is 11.8 Å². The molecule has 13 heteroatoms. The first-order chi connectivity index (χ1) is 22.0. The van der Waals surface area contributed by atoms with E-state index in [2.05, 4.69) is 25.4 Å². The van der Waals surface area contributed by atoms with E-state index >= 15 is 0 Å². The normalized spacial score (nSPS) is 15.8. The monoisotopic (exact) mass is 650 g/mol. The third kappa shape index (κ3) is 7.19. The highest BCUT2D eigenvalue weighted by Gasteiger charge is 2.41. The molecule has 0 spiro atoms. The van der Waals surface area contributed by atoms with E-state index in [-0.39, 0.29) is 18.4 Å². The lowest BCUT2D eigenvalue weighted by molar-refractivity contribution is -0.135. The van der Waals surface area contributed by atoms with E-state index in [9.17, 15) is 24.9 Å². The van der Waals surface area contributed by atoms with E-state index in [4.69, 9.17) is 16.3 Å². The number of benzene rings is 2. The van der Waals surface area contributed by atoms with Crippen molar-refractivity contribution in [3.63, 3.8) is 0 Å². The number of rotatable bonds is 10. The van der Waals surface area contributed by atoms with E-state index in [1.807, 2.05) is 63.2 Å². The molecule has 12 nitrogen and oxygen atoms in total. The summed E-state index contributed by atoms with van der Waals surface area (Å²) in [6.07, 6.45) is -0.583. The van der Waals surface area contributed by atoms with Gasteiger partial charge in [0, 0.05) is 48.9 Å². The zero-order valence-corrected chi connectivity index (χ0v) is 26.7. The fourth-order valence-corrected chi connectivity index (χ4v) is 6.19. The Morgan fingerprint density at radius 1 is 1.07 bits per heavy atom. The molecule has 244 valence electrons. The minimum atomic E-state index is -1.27. The standard InChI is InChI=1S/C33H39ClN6O6/c1-33(2,3)26(21-9-11-22(34)12-10-21)27(36-32(44)45)31(43)40-15-13-39(14-16-40)28-24(20-7-5-4-6-8-20)17-35-29-25(28)30(38-37-29)46-19-23(42)18-41/h4-12,17,23,26-27,36,41-42H,13-16,18-19H2,1-3H3,(H,44,45)(H,35,37,38)/t23-,26-,27?/m1/s1. The Bertz CT molecular complexity index is 1650. The van der Waals surface area contributed by atoms with Gasteiger partial charge in [-0.1, -0.05) is 74.8 Å². The second kappa shape index (κ2) is 13.9. The number of nitrogens with zero attached hydrogens (tertiary/aromatic N) is 4. The molecule has 5 N–H and O–H groups in total. The molecular weight excluding hydrogens is 612 g/mol.